The van der Waals surface area contributed by atoms with E-state index in [1.54, 1.807) is 0 Å². The van der Waals surface area contributed by atoms with Gasteiger partial charge in [-0.05, 0) is 25.5 Å². The Morgan fingerprint density at radius 1 is 1.27 bits per heavy atom. The molecule has 0 atom stereocenters. The summed E-state index contributed by atoms with van der Waals surface area (Å²) in [6, 6.07) is 7.74. The molecule has 0 saturated heterocycles. The molecule has 0 aromatic heterocycles. The van der Waals surface area contributed by atoms with Crippen molar-refractivity contribution in [2.45, 2.75) is 33.1 Å². The van der Waals surface area contributed by atoms with Crippen LogP contribution in [0, 0.1) is 6.92 Å². The normalized spacial score (nSPS) is 10.0. The van der Waals surface area contributed by atoms with Crippen molar-refractivity contribution >= 4 is 5.78 Å². The maximum absolute atomic E-state index is 11.3. The average Bonchev–Trinajstić information content (AvgIpc) is 2.25. The highest BCUT2D eigenvalue weighted by atomic mass is 16.5. The van der Waals surface area contributed by atoms with Crippen LogP contribution in [0.4, 0.5) is 0 Å². The second kappa shape index (κ2) is 6.23. The molecule has 0 aliphatic carbocycles. The molecule has 0 fully saturated rings. The predicted molar refractivity (Wildman–Crippen MR) is 61.2 cm³/mol. The van der Waals surface area contributed by atoms with E-state index in [1.807, 2.05) is 31.2 Å². The predicted octanol–water partition coefficient (Wildman–Crippen LogP) is 3.13. The quantitative estimate of drug-likeness (QED) is 0.714. The van der Waals surface area contributed by atoms with Crippen molar-refractivity contribution in [1.82, 2.24) is 0 Å². The Bertz CT molecular complexity index is 301. The number of ketones is 1. The zero-order chi connectivity index (χ0) is 11.1. The van der Waals surface area contributed by atoms with Gasteiger partial charge in [0.2, 0.25) is 0 Å². The number of hydrogen-bond acceptors (Lipinski definition) is 2. The molecular formula is C13H18O2. The van der Waals surface area contributed by atoms with Gasteiger partial charge in [0.25, 0.3) is 0 Å². The van der Waals surface area contributed by atoms with Crippen LogP contribution < -0.4 is 4.74 Å². The lowest BCUT2D eigenvalue weighted by molar-refractivity contribution is -0.121. The molecule has 2 nitrogen and oxygen atoms in total. The van der Waals surface area contributed by atoms with Crippen LogP contribution in [0.3, 0.4) is 0 Å². The Balaban J connectivity index is 2.30. The molecule has 0 spiro atoms. The van der Waals surface area contributed by atoms with E-state index in [0.717, 1.165) is 18.6 Å². The van der Waals surface area contributed by atoms with Crippen LogP contribution in [0.1, 0.15) is 31.7 Å². The molecule has 0 aliphatic heterocycles. The molecule has 15 heavy (non-hydrogen) atoms. The van der Waals surface area contributed by atoms with Gasteiger partial charge < -0.3 is 4.74 Å². The van der Waals surface area contributed by atoms with Crippen LogP contribution in [0.25, 0.3) is 0 Å². The fraction of sp³-hybridized carbons (Fsp3) is 0.462. The summed E-state index contributed by atoms with van der Waals surface area (Å²) in [6.45, 7) is 4.30. The van der Waals surface area contributed by atoms with E-state index >= 15 is 0 Å². The Morgan fingerprint density at radius 3 is 2.53 bits per heavy atom. The van der Waals surface area contributed by atoms with Crippen molar-refractivity contribution in [3.8, 4) is 5.75 Å². The van der Waals surface area contributed by atoms with Gasteiger partial charge in [-0.1, -0.05) is 31.0 Å². The zero-order valence-electron chi connectivity index (χ0n) is 9.45. The maximum Gasteiger partial charge on any atom is 0.170 e. The Hall–Kier alpha value is -1.31. The number of rotatable bonds is 6. The van der Waals surface area contributed by atoms with Gasteiger partial charge in [-0.25, -0.2) is 0 Å². The number of carbonyl (C=O) groups excluding carboxylic acids is 1. The number of unbranched alkanes of at least 4 members (excludes halogenated alkanes) is 1. The molecule has 0 N–H and O–H groups in total. The molecular weight excluding hydrogens is 188 g/mol. The summed E-state index contributed by atoms with van der Waals surface area (Å²) in [7, 11) is 0. The van der Waals surface area contributed by atoms with Gasteiger partial charge in [0.1, 0.15) is 12.4 Å². The average molecular weight is 206 g/mol. The number of hydrogen-bond donors (Lipinski definition) is 0. The van der Waals surface area contributed by atoms with Crippen LogP contribution in [0.5, 0.6) is 5.75 Å². The van der Waals surface area contributed by atoms with Crippen LogP contribution >= 0.6 is 0 Å². The lowest BCUT2D eigenvalue weighted by Crippen LogP contribution is -2.10. The van der Waals surface area contributed by atoms with E-state index in [9.17, 15) is 4.79 Å². The van der Waals surface area contributed by atoms with E-state index in [-0.39, 0.29) is 12.4 Å². The first kappa shape index (κ1) is 11.8. The van der Waals surface area contributed by atoms with E-state index < -0.39 is 0 Å². The number of carbonyl (C=O) groups is 1. The molecule has 1 aromatic rings. The van der Waals surface area contributed by atoms with Crippen molar-refractivity contribution in [3.63, 3.8) is 0 Å². The van der Waals surface area contributed by atoms with Gasteiger partial charge >= 0.3 is 0 Å². The molecule has 0 saturated carbocycles. The fourth-order valence-electron chi connectivity index (χ4n) is 1.24. The minimum Gasteiger partial charge on any atom is -0.486 e. The first-order valence-electron chi connectivity index (χ1n) is 5.43. The maximum atomic E-state index is 11.3. The molecule has 0 aliphatic rings. The third-order valence-corrected chi connectivity index (χ3v) is 2.23. The summed E-state index contributed by atoms with van der Waals surface area (Å²) in [5.41, 5.74) is 1.19. The first-order valence-corrected chi connectivity index (χ1v) is 5.43. The summed E-state index contributed by atoms with van der Waals surface area (Å²) in [5.74, 6) is 0.947. The first-order chi connectivity index (χ1) is 7.22. The van der Waals surface area contributed by atoms with E-state index in [1.165, 1.54) is 5.56 Å². The zero-order valence-corrected chi connectivity index (χ0v) is 9.45. The largest absolute Gasteiger partial charge is 0.486 e. The Morgan fingerprint density at radius 2 is 1.93 bits per heavy atom. The van der Waals surface area contributed by atoms with Gasteiger partial charge in [0.15, 0.2) is 5.78 Å². The number of ether oxygens (including phenoxy) is 1. The monoisotopic (exact) mass is 206 g/mol. The van der Waals surface area contributed by atoms with Gasteiger partial charge in [-0.15, -0.1) is 0 Å². The topological polar surface area (TPSA) is 26.3 Å². The SMILES string of the molecule is CCCCC(=O)COc1ccc(C)cc1. The molecule has 1 aromatic carbocycles. The summed E-state index contributed by atoms with van der Waals surface area (Å²) < 4.78 is 5.37. The van der Waals surface area contributed by atoms with Gasteiger partial charge in [-0.3, -0.25) is 4.79 Å². The van der Waals surface area contributed by atoms with Gasteiger partial charge in [0.05, 0.1) is 0 Å². The molecule has 2 heteroatoms. The standard InChI is InChI=1S/C13H18O2/c1-3-4-5-12(14)10-15-13-8-6-11(2)7-9-13/h6-9H,3-5,10H2,1-2H3. The molecule has 0 radical (unpaired) electrons. The summed E-state index contributed by atoms with van der Waals surface area (Å²) >= 11 is 0. The highest BCUT2D eigenvalue weighted by Gasteiger charge is 2.01. The minimum atomic E-state index is 0.178. The van der Waals surface area contributed by atoms with E-state index in [2.05, 4.69) is 6.92 Å². The molecule has 0 amide bonds. The van der Waals surface area contributed by atoms with Crippen molar-refractivity contribution < 1.29 is 9.53 Å². The van der Waals surface area contributed by atoms with Crippen LogP contribution in [0.2, 0.25) is 0 Å². The second-order valence-corrected chi connectivity index (χ2v) is 3.74. The molecule has 1 rings (SSSR count). The Labute approximate surface area is 91.3 Å². The van der Waals surface area contributed by atoms with Crippen molar-refractivity contribution in [1.29, 1.82) is 0 Å². The molecule has 82 valence electrons. The third kappa shape index (κ3) is 4.63. The minimum absolute atomic E-state index is 0.178. The second-order valence-electron chi connectivity index (χ2n) is 3.74. The highest BCUT2D eigenvalue weighted by Crippen LogP contribution is 2.11. The van der Waals surface area contributed by atoms with E-state index in [0.29, 0.717) is 6.42 Å². The van der Waals surface area contributed by atoms with Crippen molar-refractivity contribution in [3.05, 3.63) is 29.8 Å². The van der Waals surface area contributed by atoms with Crippen LogP contribution in [0.15, 0.2) is 24.3 Å². The number of benzene rings is 1. The van der Waals surface area contributed by atoms with Gasteiger partial charge in [0, 0.05) is 6.42 Å². The smallest absolute Gasteiger partial charge is 0.170 e. The lowest BCUT2D eigenvalue weighted by atomic mass is 10.2. The molecule has 0 unspecified atom stereocenters. The molecule has 0 bridgehead atoms. The van der Waals surface area contributed by atoms with Crippen LogP contribution in [-0.4, -0.2) is 12.4 Å². The Kier molecular flexibility index (Phi) is 4.88. The van der Waals surface area contributed by atoms with Gasteiger partial charge in [-0.2, -0.15) is 0 Å². The molecule has 0 heterocycles. The summed E-state index contributed by atoms with van der Waals surface area (Å²) in [5, 5.41) is 0. The van der Waals surface area contributed by atoms with E-state index in [4.69, 9.17) is 4.74 Å². The lowest BCUT2D eigenvalue weighted by Gasteiger charge is -2.05. The van der Waals surface area contributed by atoms with Crippen molar-refractivity contribution in [2.75, 3.05) is 6.61 Å². The third-order valence-electron chi connectivity index (χ3n) is 2.23. The number of Topliss-reactive ketones (excluding diaryl/α,β-unsaturated/α-hetero) is 1. The number of aryl methyl sites for hydroxylation is 1. The van der Waals surface area contributed by atoms with Crippen molar-refractivity contribution in [2.24, 2.45) is 0 Å². The summed E-state index contributed by atoms with van der Waals surface area (Å²) in [4.78, 5) is 11.3. The summed E-state index contributed by atoms with van der Waals surface area (Å²) in [6.07, 6.45) is 2.63. The van der Waals surface area contributed by atoms with Crippen LogP contribution in [-0.2, 0) is 4.79 Å². The fourth-order valence-corrected chi connectivity index (χ4v) is 1.24. The highest BCUT2D eigenvalue weighted by molar-refractivity contribution is 5.79.